The highest BCUT2D eigenvalue weighted by Crippen LogP contribution is 2.16. The van der Waals surface area contributed by atoms with E-state index in [9.17, 15) is 9.59 Å². The molecule has 1 N–H and O–H groups in total. The third-order valence-corrected chi connectivity index (χ3v) is 6.15. The smallest absolute Gasteiger partial charge is 0.251 e. The molecular formula is C23H31N3O3S. The Balaban J connectivity index is 1.56. The normalized spacial score (nSPS) is 15.8. The van der Waals surface area contributed by atoms with Crippen LogP contribution >= 0.6 is 11.3 Å². The molecule has 0 saturated carbocycles. The average Bonchev–Trinajstić information content (AvgIpc) is 3.25. The predicted molar refractivity (Wildman–Crippen MR) is 120 cm³/mol. The molecule has 0 aliphatic carbocycles. The summed E-state index contributed by atoms with van der Waals surface area (Å²) in [7, 11) is 0. The average molecular weight is 430 g/mol. The van der Waals surface area contributed by atoms with Crippen molar-refractivity contribution >= 4 is 23.2 Å². The van der Waals surface area contributed by atoms with Crippen molar-refractivity contribution < 1.29 is 14.3 Å². The van der Waals surface area contributed by atoms with Crippen molar-refractivity contribution in [2.45, 2.75) is 33.4 Å². The first-order valence-electron chi connectivity index (χ1n) is 10.5. The Morgan fingerprint density at radius 2 is 1.80 bits per heavy atom. The summed E-state index contributed by atoms with van der Waals surface area (Å²) in [6.45, 7) is 10.4. The quantitative estimate of drug-likeness (QED) is 0.700. The third-order valence-electron chi connectivity index (χ3n) is 5.29. The number of carbonyl (C=O) groups is 2. The summed E-state index contributed by atoms with van der Waals surface area (Å²) in [6.07, 6.45) is 0. The van der Waals surface area contributed by atoms with E-state index < -0.39 is 6.04 Å². The van der Waals surface area contributed by atoms with Gasteiger partial charge in [0.25, 0.3) is 5.91 Å². The van der Waals surface area contributed by atoms with Crippen LogP contribution in [0, 0.1) is 5.92 Å². The van der Waals surface area contributed by atoms with Gasteiger partial charge in [0, 0.05) is 43.2 Å². The molecule has 30 heavy (non-hydrogen) atoms. The zero-order valence-corrected chi connectivity index (χ0v) is 18.8. The van der Waals surface area contributed by atoms with E-state index in [0.29, 0.717) is 25.3 Å². The van der Waals surface area contributed by atoms with Crippen LogP contribution < -0.4 is 10.1 Å². The molecule has 1 aliphatic heterocycles. The van der Waals surface area contributed by atoms with Crippen LogP contribution in [0.2, 0.25) is 0 Å². The molecule has 1 atom stereocenters. The number of nitrogens with zero attached hydrogens (tertiary/aromatic N) is 2. The molecule has 3 rings (SSSR count). The minimum atomic E-state index is -0.534. The molecular weight excluding hydrogens is 398 g/mol. The first-order chi connectivity index (χ1) is 14.5. The Morgan fingerprint density at radius 1 is 1.10 bits per heavy atom. The number of piperazine rings is 1. The number of hydrogen-bond donors (Lipinski definition) is 1. The maximum absolute atomic E-state index is 13.1. The zero-order chi connectivity index (χ0) is 21.5. The molecule has 1 saturated heterocycles. The van der Waals surface area contributed by atoms with Gasteiger partial charge in [0.1, 0.15) is 11.8 Å². The monoisotopic (exact) mass is 429 g/mol. The van der Waals surface area contributed by atoms with Crippen LogP contribution in [0.4, 0.5) is 0 Å². The van der Waals surface area contributed by atoms with Crippen molar-refractivity contribution in [2.24, 2.45) is 5.92 Å². The van der Waals surface area contributed by atoms with Gasteiger partial charge in [-0.15, -0.1) is 11.3 Å². The maximum Gasteiger partial charge on any atom is 0.251 e. The van der Waals surface area contributed by atoms with Gasteiger partial charge in [-0.25, -0.2) is 0 Å². The van der Waals surface area contributed by atoms with E-state index in [1.54, 1.807) is 35.6 Å². The number of amides is 2. The summed E-state index contributed by atoms with van der Waals surface area (Å²) in [6, 6.07) is 10.7. The van der Waals surface area contributed by atoms with Gasteiger partial charge in [-0.2, -0.15) is 0 Å². The van der Waals surface area contributed by atoms with Crippen LogP contribution in [-0.4, -0.2) is 60.4 Å². The topological polar surface area (TPSA) is 61.9 Å². The molecule has 1 aliphatic rings. The molecule has 1 aromatic heterocycles. The van der Waals surface area contributed by atoms with Crippen LogP contribution in [0.5, 0.6) is 5.75 Å². The van der Waals surface area contributed by atoms with E-state index in [-0.39, 0.29) is 17.7 Å². The minimum Gasteiger partial charge on any atom is -0.494 e. The van der Waals surface area contributed by atoms with E-state index >= 15 is 0 Å². The molecule has 2 amide bonds. The molecule has 0 spiro atoms. The summed E-state index contributed by atoms with van der Waals surface area (Å²) in [5.41, 5.74) is 0.526. The lowest BCUT2D eigenvalue weighted by Crippen LogP contribution is -2.56. The summed E-state index contributed by atoms with van der Waals surface area (Å²) in [4.78, 5) is 31.5. The lowest BCUT2D eigenvalue weighted by atomic mass is 10.0. The van der Waals surface area contributed by atoms with Crippen LogP contribution in [0.3, 0.4) is 0 Å². The third kappa shape index (κ3) is 5.83. The van der Waals surface area contributed by atoms with Crippen molar-refractivity contribution in [3.05, 3.63) is 52.2 Å². The zero-order valence-electron chi connectivity index (χ0n) is 18.0. The van der Waals surface area contributed by atoms with Crippen LogP contribution in [0.1, 0.15) is 36.0 Å². The lowest BCUT2D eigenvalue weighted by molar-refractivity contribution is -0.136. The van der Waals surface area contributed by atoms with E-state index in [2.05, 4.69) is 27.7 Å². The van der Waals surface area contributed by atoms with E-state index in [4.69, 9.17) is 4.74 Å². The molecule has 7 heteroatoms. The highest BCUT2D eigenvalue weighted by molar-refractivity contribution is 7.09. The van der Waals surface area contributed by atoms with Crippen molar-refractivity contribution in [3.63, 3.8) is 0 Å². The summed E-state index contributed by atoms with van der Waals surface area (Å²) >= 11 is 1.76. The van der Waals surface area contributed by atoms with Crippen LogP contribution in [0.15, 0.2) is 41.8 Å². The number of thiophene rings is 1. The molecule has 2 heterocycles. The van der Waals surface area contributed by atoms with Crippen LogP contribution in [-0.2, 0) is 11.3 Å². The van der Waals surface area contributed by atoms with Crippen molar-refractivity contribution in [1.29, 1.82) is 0 Å². The van der Waals surface area contributed by atoms with Crippen molar-refractivity contribution in [3.8, 4) is 5.75 Å². The fourth-order valence-corrected chi connectivity index (χ4v) is 4.30. The van der Waals surface area contributed by atoms with Gasteiger partial charge >= 0.3 is 0 Å². The predicted octanol–water partition coefficient (Wildman–Crippen LogP) is 3.25. The molecule has 1 fully saturated rings. The van der Waals surface area contributed by atoms with Gasteiger partial charge in [-0.1, -0.05) is 19.9 Å². The molecule has 162 valence electrons. The van der Waals surface area contributed by atoms with Crippen molar-refractivity contribution in [1.82, 2.24) is 15.1 Å². The molecule has 0 unspecified atom stereocenters. The highest BCUT2D eigenvalue weighted by Gasteiger charge is 2.31. The minimum absolute atomic E-state index is 0.0000556. The molecule has 0 bridgehead atoms. The van der Waals surface area contributed by atoms with E-state index in [0.717, 1.165) is 25.4 Å². The number of carbonyl (C=O) groups excluding carboxylic acids is 2. The van der Waals surface area contributed by atoms with Gasteiger partial charge < -0.3 is 15.0 Å². The maximum atomic E-state index is 13.1. The first-order valence-corrected chi connectivity index (χ1v) is 11.4. The Labute approximate surface area is 182 Å². The molecule has 1 aromatic carbocycles. The standard InChI is InChI=1S/C23H31N3O3S/c1-4-29-19-9-7-18(8-10-19)22(27)24-21(17(2)3)23(28)26-13-11-25(12-14-26)16-20-6-5-15-30-20/h5-10,15,17,21H,4,11-14,16H2,1-3H3,(H,24,27)/t21-/m0/s1. The Bertz CT molecular complexity index is 813. The highest BCUT2D eigenvalue weighted by atomic mass is 32.1. The van der Waals surface area contributed by atoms with Gasteiger partial charge in [0.05, 0.1) is 6.61 Å². The summed E-state index contributed by atoms with van der Waals surface area (Å²) in [5.74, 6) is 0.501. The van der Waals surface area contributed by atoms with E-state index in [1.807, 2.05) is 25.7 Å². The second-order valence-electron chi connectivity index (χ2n) is 7.83. The van der Waals surface area contributed by atoms with E-state index in [1.165, 1.54) is 4.88 Å². The number of nitrogens with one attached hydrogen (secondary N) is 1. The number of rotatable bonds is 8. The van der Waals surface area contributed by atoms with Crippen molar-refractivity contribution in [2.75, 3.05) is 32.8 Å². The fourth-order valence-electron chi connectivity index (χ4n) is 3.55. The summed E-state index contributed by atoms with van der Waals surface area (Å²) in [5, 5.41) is 5.04. The summed E-state index contributed by atoms with van der Waals surface area (Å²) < 4.78 is 5.42. The Morgan fingerprint density at radius 3 is 2.37 bits per heavy atom. The molecule has 0 radical (unpaired) electrons. The first kappa shape index (κ1) is 22.3. The number of ether oxygens (including phenoxy) is 1. The Hall–Kier alpha value is -2.38. The lowest BCUT2D eigenvalue weighted by Gasteiger charge is -2.37. The van der Waals surface area contributed by atoms with Crippen LogP contribution in [0.25, 0.3) is 0 Å². The molecule has 6 nitrogen and oxygen atoms in total. The number of hydrogen-bond acceptors (Lipinski definition) is 5. The molecule has 2 aromatic rings. The second-order valence-corrected chi connectivity index (χ2v) is 8.87. The van der Waals surface area contributed by atoms with Gasteiger partial charge in [-0.3, -0.25) is 14.5 Å². The second kappa shape index (κ2) is 10.6. The van der Waals surface area contributed by atoms with Gasteiger partial charge in [-0.05, 0) is 48.6 Å². The largest absolute Gasteiger partial charge is 0.494 e. The number of benzene rings is 1. The van der Waals surface area contributed by atoms with Gasteiger partial charge in [0.2, 0.25) is 5.91 Å². The Kier molecular flexibility index (Phi) is 7.87. The van der Waals surface area contributed by atoms with Gasteiger partial charge in [0.15, 0.2) is 0 Å². The SMILES string of the molecule is CCOc1ccc(C(=O)N[C@H](C(=O)N2CCN(Cc3cccs3)CC2)C(C)C)cc1. The fraction of sp³-hybridized carbons (Fsp3) is 0.478.